The fraction of sp³-hybridized carbons (Fsp3) is 0.275. The summed E-state index contributed by atoms with van der Waals surface area (Å²) in [6, 6.07) is 44.6. The minimum atomic E-state index is -0.891. The topological polar surface area (TPSA) is 110 Å². The van der Waals surface area contributed by atoms with Gasteiger partial charge in [-0.25, -0.2) is 0 Å². The molecule has 0 aliphatic heterocycles. The van der Waals surface area contributed by atoms with Gasteiger partial charge in [0.05, 0.1) is 18.9 Å². The predicted molar refractivity (Wildman–Crippen MR) is 236 cm³/mol. The van der Waals surface area contributed by atoms with Crippen LogP contribution >= 0.6 is 0 Å². The van der Waals surface area contributed by atoms with Gasteiger partial charge in [-0.1, -0.05) is 146 Å². The largest absolute Gasteiger partial charge is 0.497 e. The van der Waals surface area contributed by atoms with Crippen molar-refractivity contribution in [3.63, 3.8) is 0 Å². The molecule has 0 saturated heterocycles. The van der Waals surface area contributed by atoms with Gasteiger partial charge in [0, 0.05) is 30.1 Å². The van der Waals surface area contributed by atoms with Crippen LogP contribution in [0.15, 0.2) is 152 Å². The first-order chi connectivity index (χ1) is 29.0. The van der Waals surface area contributed by atoms with E-state index in [0.29, 0.717) is 19.4 Å². The van der Waals surface area contributed by atoms with Gasteiger partial charge in [0.25, 0.3) is 0 Å². The van der Waals surface area contributed by atoms with Crippen LogP contribution in [0.1, 0.15) is 59.9 Å². The molecule has 6 aromatic rings. The standard InChI is InChI=1S/C51H55N3O5/c1-58-43-31-29-40(30-32-43)24-16-27-45(46(51(57)59-37-41-22-11-4-12-23-41)26-13-5-10-19-38-17-6-2-7-18-38)49(55)54-48(35-42-36-53-47-28-15-14-25-44(42)47)50(56)52-34-33-39-20-8-3-9-21-39/h2-4,6-9,11-12,14-18,20-25,28-32,36,45-46,48,53H,5,10,13,19,26-27,33-35,37H2,1H3,(H,52,56)(H,54,55)/b24-16+/t45-,46?,48+/m1/s1. The monoisotopic (exact) mass is 789 g/mol. The Morgan fingerprint density at radius 1 is 0.678 bits per heavy atom. The molecule has 1 aromatic heterocycles. The predicted octanol–water partition coefficient (Wildman–Crippen LogP) is 9.45. The lowest BCUT2D eigenvalue weighted by molar-refractivity contribution is -0.155. The lowest BCUT2D eigenvalue weighted by Gasteiger charge is -2.27. The molecule has 5 aromatic carbocycles. The van der Waals surface area contributed by atoms with Gasteiger partial charge in [-0.15, -0.1) is 0 Å². The Morgan fingerprint density at radius 2 is 1.32 bits per heavy atom. The third kappa shape index (κ3) is 13.1. The smallest absolute Gasteiger partial charge is 0.310 e. The Morgan fingerprint density at radius 3 is 2.02 bits per heavy atom. The van der Waals surface area contributed by atoms with Gasteiger partial charge in [-0.05, 0) is 78.1 Å². The van der Waals surface area contributed by atoms with Crippen LogP contribution < -0.4 is 15.4 Å². The number of ether oxygens (including phenoxy) is 2. The number of allylic oxidation sites excluding steroid dienone is 1. The summed E-state index contributed by atoms with van der Waals surface area (Å²) in [5.41, 5.74) is 6.05. The first kappa shape index (κ1) is 42.2. The Balaban J connectivity index is 1.25. The van der Waals surface area contributed by atoms with E-state index in [0.717, 1.165) is 64.6 Å². The number of carbonyl (C=O) groups excluding carboxylic acids is 3. The molecule has 0 bridgehead atoms. The highest BCUT2D eigenvalue weighted by molar-refractivity contribution is 5.92. The van der Waals surface area contributed by atoms with Gasteiger partial charge < -0.3 is 25.1 Å². The highest BCUT2D eigenvalue weighted by atomic mass is 16.5. The molecule has 3 N–H and O–H groups in total. The van der Waals surface area contributed by atoms with Crippen LogP contribution in [0.5, 0.6) is 5.75 Å². The van der Waals surface area contributed by atoms with Crippen LogP contribution in [-0.2, 0) is 45.0 Å². The van der Waals surface area contributed by atoms with E-state index >= 15 is 0 Å². The number of hydrogen-bond donors (Lipinski definition) is 3. The van der Waals surface area contributed by atoms with Crippen LogP contribution in [0.3, 0.4) is 0 Å². The third-order valence-electron chi connectivity index (χ3n) is 10.8. The number of methoxy groups -OCH3 is 1. The quantitative estimate of drug-likeness (QED) is 0.0469. The minimum Gasteiger partial charge on any atom is -0.497 e. The van der Waals surface area contributed by atoms with Crippen molar-refractivity contribution in [3.05, 3.63) is 180 Å². The molecular weight excluding hydrogens is 735 g/mol. The van der Waals surface area contributed by atoms with E-state index in [1.165, 1.54) is 5.56 Å². The molecule has 0 saturated carbocycles. The number of H-pyrrole nitrogens is 1. The molecule has 8 heteroatoms. The summed E-state index contributed by atoms with van der Waals surface area (Å²) in [4.78, 5) is 46.4. The van der Waals surface area contributed by atoms with Gasteiger partial charge in [-0.3, -0.25) is 14.4 Å². The van der Waals surface area contributed by atoms with E-state index in [1.807, 2.05) is 146 Å². The zero-order chi connectivity index (χ0) is 41.1. The molecule has 1 heterocycles. The van der Waals surface area contributed by atoms with Crippen molar-refractivity contribution >= 4 is 34.8 Å². The average molecular weight is 790 g/mol. The number of benzene rings is 5. The third-order valence-corrected chi connectivity index (χ3v) is 10.8. The number of amides is 2. The van der Waals surface area contributed by atoms with Crippen LogP contribution in [0.25, 0.3) is 17.0 Å². The van der Waals surface area contributed by atoms with Crippen molar-refractivity contribution in [1.82, 2.24) is 15.6 Å². The fourth-order valence-electron chi connectivity index (χ4n) is 7.46. The molecule has 0 spiro atoms. The molecular formula is C51H55N3O5. The number of aromatic amines is 1. The normalized spacial score (nSPS) is 12.8. The van der Waals surface area contributed by atoms with E-state index in [9.17, 15) is 14.4 Å². The second-order valence-corrected chi connectivity index (χ2v) is 15.0. The van der Waals surface area contributed by atoms with Crippen molar-refractivity contribution in [1.29, 1.82) is 0 Å². The van der Waals surface area contributed by atoms with E-state index in [4.69, 9.17) is 9.47 Å². The maximum absolute atomic E-state index is 14.8. The van der Waals surface area contributed by atoms with Crippen molar-refractivity contribution in [3.8, 4) is 5.75 Å². The highest BCUT2D eigenvalue weighted by Crippen LogP contribution is 2.28. The molecule has 0 aliphatic carbocycles. The van der Waals surface area contributed by atoms with Crippen LogP contribution in [0.2, 0.25) is 0 Å². The molecule has 304 valence electrons. The summed E-state index contributed by atoms with van der Waals surface area (Å²) in [6.07, 6.45) is 11.0. The maximum atomic E-state index is 14.8. The molecule has 59 heavy (non-hydrogen) atoms. The van der Waals surface area contributed by atoms with Gasteiger partial charge in [0.2, 0.25) is 11.8 Å². The maximum Gasteiger partial charge on any atom is 0.310 e. The van der Waals surface area contributed by atoms with Crippen LogP contribution in [0.4, 0.5) is 0 Å². The molecule has 2 amide bonds. The zero-order valence-corrected chi connectivity index (χ0v) is 33.9. The van der Waals surface area contributed by atoms with Gasteiger partial charge in [-0.2, -0.15) is 0 Å². The SMILES string of the molecule is COc1ccc(/C=C/C[C@@H](C(=O)N[C@@H](Cc2c[nH]c3ccccc23)C(=O)NCCc2ccccc2)C(CCCCCc2ccccc2)C(=O)OCc2ccccc2)cc1. The van der Waals surface area contributed by atoms with Crippen molar-refractivity contribution < 1.29 is 23.9 Å². The number of fused-ring (bicyclic) bond motifs is 1. The lowest BCUT2D eigenvalue weighted by Crippen LogP contribution is -2.51. The number of para-hydroxylation sites is 1. The summed E-state index contributed by atoms with van der Waals surface area (Å²) in [5, 5.41) is 7.21. The fourth-order valence-corrected chi connectivity index (χ4v) is 7.46. The van der Waals surface area contributed by atoms with Gasteiger partial charge >= 0.3 is 5.97 Å². The van der Waals surface area contributed by atoms with E-state index in [-0.39, 0.29) is 31.3 Å². The van der Waals surface area contributed by atoms with Crippen LogP contribution in [-0.4, -0.2) is 42.5 Å². The second kappa shape index (κ2) is 22.5. The Bertz CT molecular complexity index is 2220. The molecule has 0 aliphatic rings. The molecule has 3 atom stereocenters. The molecule has 0 radical (unpaired) electrons. The van der Waals surface area contributed by atoms with E-state index < -0.39 is 23.8 Å². The van der Waals surface area contributed by atoms with E-state index in [1.54, 1.807) is 7.11 Å². The summed E-state index contributed by atoms with van der Waals surface area (Å²) >= 11 is 0. The summed E-state index contributed by atoms with van der Waals surface area (Å²) < 4.78 is 11.3. The minimum absolute atomic E-state index is 0.104. The lowest BCUT2D eigenvalue weighted by atomic mass is 9.83. The Labute approximate surface area is 348 Å². The molecule has 1 unspecified atom stereocenters. The number of esters is 1. The number of rotatable bonds is 22. The van der Waals surface area contributed by atoms with Crippen LogP contribution in [0, 0.1) is 11.8 Å². The molecule has 0 fully saturated rings. The number of hydrogen-bond acceptors (Lipinski definition) is 5. The first-order valence-corrected chi connectivity index (χ1v) is 20.7. The number of aryl methyl sites for hydroxylation is 1. The summed E-state index contributed by atoms with van der Waals surface area (Å²) in [7, 11) is 1.63. The number of carbonyl (C=O) groups is 3. The van der Waals surface area contributed by atoms with Crippen molar-refractivity contribution in [2.45, 2.75) is 64.0 Å². The Kier molecular flexibility index (Phi) is 16.1. The average Bonchev–Trinajstić information content (AvgIpc) is 3.69. The van der Waals surface area contributed by atoms with Gasteiger partial charge in [0.15, 0.2) is 0 Å². The van der Waals surface area contributed by atoms with Crippen molar-refractivity contribution in [2.24, 2.45) is 11.8 Å². The number of aromatic nitrogens is 1. The summed E-state index contributed by atoms with van der Waals surface area (Å²) in [6.45, 7) is 0.516. The second-order valence-electron chi connectivity index (χ2n) is 15.0. The highest BCUT2D eigenvalue weighted by Gasteiger charge is 2.36. The zero-order valence-electron chi connectivity index (χ0n) is 33.9. The van der Waals surface area contributed by atoms with Gasteiger partial charge in [0.1, 0.15) is 18.4 Å². The summed E-state index contributed by atoms with van der Waals surface area (Å²) in [5.74, 6) is -1.86. The number of nitrogens with one attached hydrogen (secondary N) is 3. The Hall–Kier alpha value is -6.41. The van der Waals surface area contributed by atoms with E-state index in [2.05, 4.69) is 27.8 Å². The first-order valence-electron chi connectivity index (χ1n) is 20.7. The molecule has 8 nitrogen and oxygen atoms in total. The van der Waals surface area contributed by atoms with Crippen molar-refractivity contribution in [2.75, 3.05) is 13.7 Å². The molecule has 6 rings (SSSR count). The number of unbranched alkanes of at least 4 members (excludes halogenated alkanes) is 2.